The Kier molecular flexibility index (Phi) is 8.21. The second kappa shape index (κ2) is 10.3. The Morgan fingerprint density at radius 1 is 1.19 bits per heavy atom. The number of aromatic nitrogens is 1. The van der Waals surface area contributed by atoms with E-state index in [-0.39, 0.29) is 23.3 Å². The molecule has 3 rings (SSSR count). The SMILES string of the molecule is N[C@@H](c1cc(Cl)c(Cl)cc1O)C1CCN(c2cc[nH]c(=O)c2)CC1.O=C(O)C(F)(F)F. The first-order valence-corrected chi connectivity index (χ1v) is 9.83. The van der Waals surface area contributed by atoms with Gasteiger partial charge in [0.05, 0.1) is 10.0 Å². The molecule has 1 aromatic carbocycles. The molecule has 2 aromatic rings. The molecule has 2 heterocycles. The minimum atomic E-state index is -5.08. The number of nitrogens with two attached hydrogens (primary N) is 1. The van der Waals surface area contributed by atoms with E-state index in [9.17, 15) is 23.1 Å². The van der Waals surface area contributed by atoms with Crippen LogP contribution in [0.25, 0.3) is 0 Å². The molecule has 5 N–H and O–H groups in total. The van der Waals surface area contributed by atoms with E-state index >= 15 is 0 Å². The Morgan fingerprint density at radius 2 is 1.74 bits per heavy atom. The van der Waals surface area contributed by atoms with Gasteiger partial charge in [-0.1, -0.05) is 23.2 Å². The number of nitrogens with zero attached hydrogens (tertiary/aromatic N) is 1. The summed E-state index contributed by atoms with van der Waals surface area (Å²) < 4.78 is 31.7. The Bertz CT molecular complexity index is 977. The van der Waals surface area contributed by atoms with Gasteiger partial charge in [-0.15, -0.1) is 0 Å². The summed E-state index contributed by atoms with van der Waals surface area (Å²) in [5.41, 5.74) is 7.80. The van der Waals surface area contributed by atoms with Gasteiger partial charge >= 0.3 is 12.1 Å². The van der Waals surface area contributed by atoms with Gasteiger partial charge in [0.25, 0.3) is 0 Å². The van der Waals surface area contributed by atoms with Gasteiger partial charge in [-0.25, -0.2) is 4.79 Å². The zero-order valence-electron chi connectivity index (χ0n) is 16.0. The molecule has 0 saturated carbocycles. The maximum Gasteiger partial charge on any atom is 0.490 e. The van der Waals surface area contributed by atoms with Crippen LogP contribution in [0.1, 0.15) is 24.4 Å². The second-order valence-electron chi connectivity index (χ2n) is 6.89. The number of phenolic OH excluding ortho intramolecular Hbond substituents is 1. The molecule has 1 fully saturated rings. The van der Waals surface area contributed by atoms with Crippen molar-refractivity contribution in [3.63, 3.8) is 0 Å². The standard InChI is InChI=1S/C17H19Cl2N3O2.C2HF3O2/c18-13-8-12(15(23)9-14(13)19)17(20)10-2-5-22(6-3-10)11-1-4-21-16(24)7-11;3-2(4,5)1(6)7/h1,4,7-10,17,23H,2-3,5-6,20H2,(H,21,24);(H,6,7)/t17-;/m1./s1. The van der Waals surface area contributed by atoms with Gasteiger partial charge in [-0.05, 0) is 30.9 Å². The highest BCUT2D eigenvalue weighted by Gasteiger charge is 2.38. The number of hydrogen-bond donors (Lipinski definition) is 4. The van der Waals surface area contributed by atoms with Crippen LogP contribution in [-0.4, -0.2) is 40.4 Å². The topological polar surface area (TPSA) is 120 Å². The molecule has 0 aliphatic carbocycles. The molecule has 170 valence electrons. The fourth-order valence-electron chi connectivity index (χ4n) is 3.22. The summed E-state index contributed by atoms with van der Waals surface area (Å²) >= 11 is 12.0. The highest BCUT2D eigenvalue weighted by molar-refractivity contribution is 6.42. The van der Waals surface area contributed by atoms with Crippen molar-refractivity contribution >= 4 is 34.9 Å². The van der Waals surface area contributed by atoms with Crippen LogP contribution in [0.5, 0.6) is 5.75 Å². The van der Waals surface area contributed by atoms with Crippen LogP contribution in [0.15, 0.2) is 35.3 Å². The van der Waals surface area contributed by atoms with Crippen molar-refractivity contribution in [2.75, 3.05) is 18.0 Å². The lowest BCUT2D eigenvalue weighted by molar-refractivity contribution is -0.192. The third kappa shape index (κ3) is 6.78. The lowest BCUT2D eigenvalue weighted by atomic mass is 9.85. The number of anilines is 1. The molecule has 1 aliphatic heterocycles. The highest BCUT2D eigenvalue weighted by Crippen LogP contribution is 2.38. The van der Waals surface area contributed by atoms with E-state index in [1.165, 1.54) is 6.07 Å². The first kappa shape index (κ1) is 24.8. The number of carbonyl (C=O) groups is 1. The average molecular weight is 482 g/mol. The average Bonchev–Trinajstić information content (AvgIpc) is 2.70. The number of H-pyrrole nitrogens is 1. The van der Waals surface area contributed by atoms with Crippen molar-refractivity contribution in [1.29, 1.82) is 0 Å². The summed E-state index contributed by atoms with van der Waals surface area (Å²) in [6, 6.07) is 6.27. The molecule has 7 nitrogen and oxygen atoms in total. The molecule has 0 amide bonds. The van der Waals surface area contributed by atoms with E-state index in [1.54, 1.807) is 18.3 Å². The van der Waals surface area contributed by atoms with Gasteiger partial charge in [0.2, 0.25) is 5.56 Å². The fourth-order valence-corrected chi connectivity index (χ4v) is 3.55. The third-order valence-corrected chi connectivity index (χ3v) is 5.56. The van der Waals surface area contributed by atoms with Gasteiger partial charge in [0, 0.05) is 48.7 Å². The smallest absolute Gasteiger partial charge is 0.490 e. The maximum atomic E-state index is 11.4. The van der Waals surface area contributed by atoms with Crippen molar-refractivity contribution < 1.29 is 28.2 Å². The number of halogens is 5. The maximum absolute atomic E-state index is 11.4. The Labute approximate surface area is 185 Å². The summed E-state index contributed by atoms with van der Waals surface area (Å²) in [5, 5.41) is 17.9. The number of hydrogen-bond acceptors (Lipinski definition) is 5. The summed E-state index contributed by atoms with van der Waals surface area (Å²) in [6.07, 6.45) is -1.69. The number of aromatic hydroxyl groups is 1. The van der Waals surface area contributed by atoms with Crippen LogP contribution in [0.3, 0.4) is 0 Å². The van der Waals surface area contributed by atoms with Gasteiger partial charge in [-0.3, -0.25) is 4.79 Å². The first-order valence-electron chi connectivity index (χ1n) is 9.07. The van der Waals surface area contributed by atoms with Crippen LogP contribution in [0, 0.1) is 5.92 Å². The number of carboxylic acid groups (broad SMARTS) is 1. The van der Waals surface area contributed by atoms with Crippen molar-refractivity contribution in [2.24, 2.45) is 11.7 Å². The minimum absolute atomic E-state index is 0.0777. The number of alkyl halides is 3. The number of aromatic amines is 1. The van der Waals surface area contributed by atoms with E-state index in [2.05, 4.69) is 9.88 Å². The molecular weight excluding hydrogens is 462 g/mol. The van der Waals surface area contributed by atoms with E-state index in [0.29, 0.717) is 15.6 Å². The molecule has 0 spiro atoms. The largest absolute Gasteiger partial charge is 0.508 e. The Balaban J connectivity index is 0.000000423. The third-order valence-electron chi connectivity index (χ3n) is 4.84. The van der Waals surface area contributed by atoms with E-state index in [0.717, 1.165) is 31.6 Å². The van der Waals surface area contributed by atoms with Crippen LogP contribution in [-0.2, 0) is 4.79 Å². The normalized spacial score (nSPS) is 15.7. The fraction of sp³-hybridized carbons (Fsp3) is 0.368. The quantitative estimate of drug-likeness (QED) is 0.526. The number of benzene rings is 1. The first-order chi connectivity index (χ1) is 14.4. The molecule has 31 heavy (non-hydrogen) atoms. The Morgan fingerprint density at radius 3 is 2.26 bits per heavy atom. The predicted octanol–water partition coefficient (Wildman–Crippen LogP) is 3.94. The molecule has 0 radical (unpaired) electrons. The number of piperidine rings is 1. The molecule has 0 bridgehead atoms. The molecule has 1 saturated heterocycles. The zero-order valence-corrected chi connectivity index (χ0v) is 17.5. The van der Waals surface area contributed by atoms with Crippen LogP contribution >= 0.6 is 23.2 Å². The van der Waals surface area contributed by atoms with Crippen LogP contribution in [0.2, 0.25) is 10.0 Å². The van der Waals surface area contributed by atoms with E-state index in [1.807, 2.05) is 6.07 Å². The van der Waals surface area contributed by atoms with Gasteiger partial charge in [-0.2, -0.15) is 13.2 Å². The van der Waals surface area contributed by atoms with Gasteiger partial charge in [0.1, 0.15) is 5.75 Å². The summed E-state index contributed by atoms with van der Waals surface area (Å²) in [5.74, 6) is -2.45. The zero-order chi connectivity index (χ0) is 23.3. The Hall–Kier alpha value is -2.43. The van der Waals surface area contributed by atoms with Gasteiger partial charge in [0.15, 0.2) is 0 Å². The van der Waals surface area contributed by atoms with Crippen molar-refractivity contribution in [1.82, 2.24) is 4.98 Å². The number of pyridine rings is 1. The second-order valence-corrected chi connectivity index (χ2v) is 7.70. The number of nitrogens with one attached hydrogen (secondary N) is 1. The number of aliphatic carboxylic acids is 1. The summed E-state index contributed by atoms with van der Waals surface area (Å²) in [6.45, 7) is 1.62. The van der Waals surface area contributed by atoms with Crippen molar-refractivity contribution in [3.8, 4) is 5.75 Å². The van der Waals surface area contributed by atoms with Crippen LogP contribution < -0.4 is 16.2 Å². The monoisotopic (exact) mass is 481 g/mol. The molecule has 1 atom stereocenters. The molecule has 0 unspecified atom stereocenters. The van der Waals surface area contributed by atoms with E-state index in [4.69, 9.17) is 38.8 Å². The van der Waals surface area contributed by atoms with Crippen molar-refractivity contribution in [2.45, 2.75) is 25.1 Å². The van der Waals surface area contributed by atoms with Crippen molar-refractivity contribution in [3.05, 3.63) is 56.4 Å². The lowest BCUT2D eigenvalue weighted by Crippen LogP contribution is -2.37. The summed E-state index contributed by atoms with van der Waals surface area (Å²) in [7, 11) is 0. The minimum Gasteiger partial charge on any atom is -0.508 e. The highest BCUT2D eigenvalue weighted by atomic mass is 35.5. The number of carboxylic acids is 1. The lowest BCUT2D eigenvalue weighted by Gasteiger charge is -2.36. The van der Waals surface area contributed by atoms with Gasteiger partial charge < -0.3 is 25.8 Å². The molecule has 1 aliphatic rings. The molecule has 1 aromatic heterocycles. The number of rotatable bonds is 3. The number of phenols is 1. The summed E-state index contributed by atoms with van der Waals surface area (Å²) in [4.78, 5) is 25.1. The molecule has 12 heteroatoms. The van der Waals surface area contributed by atoms with E-state index < -0.39 is 12.1 Å². The molecular formula is C19H20Cl2F3N3O4. The predicted molar refractivity (Wildman–Crippen MR) is 111 cm³/mol. The van der Waals surface area contributed by atoms with Crippen LogP contribution in [0.4, 0.5) is 18.9 Å².